The van der Waals surface area contributed by atoms with Gasteiger partial charge in [-0.3, -0.25) is 14.5 Å². The van der Waals surface area contributed by atoms with Crippen molar-refractivity contribution in [3.05, 3.63) is 33.5 Å². The molecular weight excluding hydrogens is 484 g/mol. The predicted molar refractivity (Wildman–Crippen MR) is 146 cm³/mol. The lowest BCUT2D eigenvalue weighted by molar-refractivity contribution is -0.126. The summed E-state index contributed by atoms with van der Waals surface area (Å²) in [5.41, 5.74) is 5.54. The first-order chi connectivity index (χ1) is 17.8. The number of nitrogens with two attached hydrogens (primary N) is 1. The van der Waals surface area contributed by atoms with Crippen LogP contribution in [0.15, 0.2) is 12.1 Å². The normalized spacial score (nSPS) is 25.5. The van der Waals surface area contributed by atoms with Gasteiger partial charge in [0.15, 0.2) is 0 Å². The van der Waals surface area contributed by atoms with Crippen molar-refractivity contribution >= 4 is 23.2 Å². The molecule has 4 heterocycles. The number of carbonyl (C=O) groups is 2. The minimum absolute atomic E-state index is 0.0858. The second kappa shape index (κ2) is 11.2. The molecule has 9 heteroatoms. The molecule has 2 aromatic rings. The van der Waals surface area contributed by atoms with Crippen LogP contribution in [0.4, 0.5) is 0 Å². The number of hydrogen-bond donors (Lipinski definition) is 2. The summed E-state index contributed by atoms with van der Waals surface area (Å²) >= 11 is 1.42. The average Bonchev–Trinajstić information content (AvgIpc) is 3.58. The van der Waals surface area contributed by atoms with Crippen molar-refractivity contribution in [2.45, 2.75) is 115 Å². The van der Waals surface area contributed by atoms with Gasteiger partial charge in [-0.2, -0.15) is 0 Å². The van der Waals surface area contributed by atoms with Crippen LogP contribution in [0.25, 0.3) is 0 Å². The van der Waals surface area contributed by atoms with Crippen LogP contribution in [-0.4, -0.2) is 50.1 Å². The molecule has 0 radical (unpaired) electrons. The van der Waals surface area contributed by atoms with E-state index in [1.165, 1.54) is 30.6 Å². The third-order valence-electron chi connectivity index (χ3n) is 8.82. The van der Waals surface area contributed by atoms with E-state index < -0.39 is 5.91 Å². The number of nitrogens with zero attached hydrogens (tertiary/aromatic N) is 4. The number of piperidine rings is 1. The Kier molecular flexibility index (Phi) is 8.00. The fraction of sp³-hybridized carbons (Fsp3) is 0.714. The van der Waals surface area contributed by atoms with Crippen LogP contribution in [0.1, 0.15) is 122 Å². The maximum atomic E-state index is 13.2. The largest absolute Gasteiger partial charge is 0.365 e. The molecule has 0 unspecified atom stereocenters. The minimum atomic E-state index is -0.404. The Morgan fingerprint density at radius 1 is 1.05 bits per heavy atom. The molecule has 2 amide bonds. The van der Waals surface area contributed by atoms with E-state index in [1.54, 1.807) is 6.07 Å². The summed E-state index contributed by atoms with van der Waals surface area (Å²) in [7, 11) is 0. The Morgan fingerprint density at radius 3 is 2.38 bits per heavy atom. The molecule has 0 aromatic carbocycles. The number of rotatable bonds is 9. The molecule has 2 saturated heterocycles. The molecule has 2 bridgehead atoms. The van der Waals surface area contributed by atoms with Gasteiger partial charge in [-0.1, -0.05) is 33.1 Å². The highest BCUT2D eigenvalue weighted by atomic mass is 32.1. The van der Waals surface area contributed by atoms with E-state index in [1.807, 2.05) is 6.07 Å². The first kappa shape index (κ1) is 26.4. The summed E-state index contributed by atoms with van der Waals surface area (Å²) in [5, 5.41) is 12.3. The maximum Gasteiger partial charge on any atom is 0.258 e. The van der Waals surface area contributed by atoms with Gasteiger partial charge in [0.1, 0.15) is 11.6 Å². The zero-order chi connectivity index (χ0) is 26.1. The third-order valence-corrected chi connectivity index (χ3v) is 10.0. The van der Waals surface area contributed by atoms with Gasteiger partial charge in [-0.15, -0.1) is 21.5 Å². The van der Waals surface area contributed by atoms with Gasteiger partial charge in [0.25, 0.3) is 5.91 Å². The number of nitrogens with one attached hydrogen (secondary N) is 1. The summed E-state index contributed by atoms with van der Waals surface area (Å²) in [6.07, 6.45) is 11.0. The Hall–Kier alpha value is -2.26. The van der Waals surface area contributed by atoms with Gasteiger partial charge in [0, 0.05) is 41.4 Å². The quantitative estimate of drug-likeness (QED) is 0.485. The van der Waals surface area contributed by atoms with Crippen LogP contribution in [0.3, 0.4) is 0 Å². The fourth-order valence-corrected chi connectivity index (χ4v) is 7.89. The summed E-state index contributed by atoms with van der Waals surface area (Å²) in [4.78, 5) is 29.2. The van der Waals surface area contributed by atoms with Crippen molar-refractivity contribution in [1.29, 1.82) is 0 Å². The Labute approximate surface area is 224 Å². The fourth-order valence-electron chi connectivity index (χ4n) is 6.94. The molecule has 2 aliphatic heterocycles. The van der Waals surface area contributed by atoms with Crippen LogP contribution < -0.4 is 11.1 Å². The van der Waals surface area contributed by atoms with E-state index in [-0.39, 0.29) is 17.9 Å². The molecule has 8 nitrogen and oxygen atoms in total. The van der Waals surface area contributed by atoms with Crippen LogP contribution in [0, 0.1) is 12.8 Å². The Balaban J connectivity index is 1.27. The van der Waals surface area contributed by atoms with E-state index in [2.05, 4.69) is 45.8 Å². The average molecular weight is 527 g/mol. The molecule has 5 rings (SSSR count). The maximum absolute atomic E-state index is 13.2. The third kappa shape index (κ3) is 5.62. The number of amides is 2. The van der Waals surface area contributed by atoms with Crippen molar-refractivity contribution in [1.82, 2.24) is 25.0 Å². The number of primary amides is 1. The summed E-state index contributed by atoms with van der Waals surface area (Å²) in [5.74, 6) is 2.37. The highest BCUT2D eigenvalue weighted by molar-refractivity contribution is 7.14. The van der Waals surface area contributed by atoms with Crippen molar-refractivity contribution < 1.29 is 9.59 Å². The SMILES string of the molecule is Cc1nnc(C(C)C)n1[C@@H]1C[C@H]2CC[C@@H](C1)N2CC[C@H](NC(=O)C1CCCCC1)c1ccc(C(N)=O)s1. The summed E-state index contributed by atoms with van der Waals surface area (Å²) < 4.78 is 2.40. The first-order valence-electron chi connectivity index (χ1n) is 14.2. The van der Waals surface area contributed by atoms with E-state index in [4.69, 9.17) is 5.73 Å². The smallest absolute Gasteiger partial charge is 0.258 e. The van der Waals surface area contributed by atoms with Gasteiger partial charge in [0.05, 0.1) is 10.9 Å². The molecule has 2 aromatic heterocycles. The topological polar surface area (TPSA) is 106 Å². The molecule has 3 fully saturated rings. The number of carbonyl (C=O) groups excluding carboxylic acids is 2. The lowest BCUT2D eigenvalue weighted by Gasteiger charge is -2.40. The van der Waals surface area contributed by atoms with E-state index in [9.17, 15) is 9.59 Å². The van der Waals surface area contributed by atoms with Crippen LogP contribution in [0.5, 0.6) is 0 Å². The molecular formula is C28H42N6O2S. The molecule has 1 aliphatic carbocycles. The standard InChI is InChI=1S/C28H42N6O2S/c1-17(2)27-32-31-18(3)34(27)22-15-20-9-10-21(16-22)33(20)14-13-23(24-11-12-25(37-24)26(29)35)30-28(36)19-7-5-4-6-8-19/h11-12,17,19-23H,4-10,13-16H2,1-3H3,(H2,29,35)(H,30,36)/t20-,21+,22-,23-/m0/s1. The zero-order valence-corrected chi connectivity index (χ0v) is 23.3. The highest BCUT2D eigenvalue weighted by Gasteiger charge is 2.42. The first-order valence-corrected chi connectivity index (χ1v) is 15.0. The number of aromatic nitrogens is 3. The number of hydrogen-bond acceptors (Lipinski definition) is 6. The van der Waals surface area contributed by atoms with Crippen molar-refractivity contribution in [2.24, 2.45) is 11.7 Å². The molecule has 3 aliphatic rings. The summed E-state index contributed by atoms with van der Waals surface area (Å²) in [6.45, 7) is 7.41. The number of fused-ring (bicyclic) bond motifs is 2. The Morgan fingerprint density at radius 2 is 1.76 bits per heavy atom. The summed E-state index contributed by atoms with van der Waals surface area (Å²) in [6, 6.07) is 5.23. The zero-order valence-electron chi connectivity index (χ0n) is 22.5. The molecule has 4 atom stereocenters. The molecule has 37 heavy (non-hydrogen) atoms. The molecule has 202 valence electrons. The number of aryl methyl sites for hydroxylation is 1. The predicted octanol–water partition coefficient (Wildman–Crippen LogP) is 4.87. The molecule has 1 saturated carbocycles. The van der Waals surface area contributed by atoms with Gasteiger partial charge in [-0.05, 0) is 64.0 Å². The monoisotopic (exact) mass is 526 g/mol. The lowest BCUT2D eigenvalue weighted by atomic mass is 9.88. The van der Waals surface area contributed by atoms with Crippen molar-refractivity contribution in [3.63, 3.8) is 0 Å². The molecule has 3 N–H and O–H groups in total. The van der Waals surface area contributed by atoms with Crippen molar-refractivity contribution in [3.8, 4) is 0 Å². The van der Waals surface area contributed by atoms with E-state index in [0.29, 0.717) is 28.9 Å². The van der Waals surface area contributed by atoms with Crippen LogP contribution in [-0.2, 0) is 4.79 Å². The van der Waals surface area contributed by atoms with Crippen LogP contribution in [0.2, 0.25) is 0 Å². The van der Waals surface area contributed by atoms with Crippen LogP contribution >= 0.6 is 11.3 Å². The van der Waals surface area contributed by atoms with Gasteiger partial charge in [-0.25, -0.2) is 0 Å². The van der Waals surface area contributed by atoms with Gasteiger partial charge >= 0.3 is 0 Å². The van der Waals surface area contributed by atoms with E-state index in [0.717, 1.165) is 68.0 Å². The number of thiophene rings is 1. The van der Waals surface area contributed by atoms with Crippen molar-refractivity contribution in [2.75, 3.05) is 6.54 Å². The highest BCUT2D eigenvalue weighted by Crippen LogP contribution is 2.42. The second-order valence-corrected chi connectivity index (χ2v) is 12.7. The Bertz CT molecular complexity index is 1090. The second-order valence-electron chi connectivity index (χ2n) is 11.6. The lowest BCUT2D eigenvalue weighted by Crippen LogP contribution is -2.45. The molecule has 0 spiro atoms. The van der Waals surface area contributed by atoms with Gasteiger partial charge in [0.2, 0.25) is 5.91 Å². The minimum Gasteiger partial charge on any atom is -0.365 e. The van der Waals surface area contributed by atoms with Gasteiger partial charge < -0.3 is 15.6 Å². The van der Waals surface area contributed by atoms with E-state index >= 15 is 0 Å².